The van der Waals surface area contributed by atoms with Crippen LogP contribution in [0, 0.1) is 0 Å². The van der Waals surface area contributed by atoms with Crippen molar-refractivity contribution in [3.63, 3.8) is 0 Å². The molecule has 0 radical (unpaired) electrons. The average Bonchev–Trinajstić information content (AvgIpc) is 2.27. The van der Waals surface area contributed by atoms with Gasteiger partial charge in [0.2, 0.25) is 0 Å². The number of rotatable bonds is 1. The number of aliphatic hydroxyl groups is 5. The Labute approximate surface area is 93.1 Å². The molecular formula is C10H18O6. The van der Waals surface area contributed by atoms with Crippen LogP contribution >= 0.6 is 0 Å². The van der Waals surface area contributed by atoms with E-state index in [0.717, 1.165) is 0 Å². The van der Waals surface area contributed by atoms with Crippen LogP contribution in [0.1, 0.15) is 25.7 Å². The van der Waals surface area contributed by atoms with E-state index in [1.807, 2.05) is 0 Å². The van der Waals surface area contributed by atoms with Gasteiger partial charge in [0, 0.05) is 0 Å². The molecule has 0 amide bonds. The van der Waals surface area contributed by atoms with E-state index in [0.29, 0.717) is 12.8 Å². The largest absolute Gasteiger partial charge is 0.394 e. The van der Waals surface area contributed by atoms with Crippen molar-refractivity contribution < 1.29 is 30.3 Å². The summed E-state index contributed by atoms with van der Waals surface area (Å²) in [6, 6.07) is 0. The Kier molecular flexibility index (Phi) is 2.98. The Morgan fingerprint density at radius 3 is 2.19 bits per heavy atom. The Hall–Kier alpha value is -0.240. The molecule has 5 atom stereocenters. The number of fused-ring (bicyclic) bond motifs is 1. The van der Waals surface area contributed by atoms with Crippen LogP contribution in [0.4, 0.5) is 0 Å². The smallest absolute Gasteiger partial charge is 0.187 e. The van der Waals surface area contributed by atoms with Gasteiger partial charge in [0.05, 0.1) is 6.61 Å². The van der Waals surface area contributed by atoms with Crippen LogP contribution in [-0.4, -0.2) is 61.8 Å². The van der Waals surface area contributed by atoms with Crippen molar-refractivity contribution in [3.8, 4) is 0 Å². The molecule has 2 fully saturated rings. The van der Waals surface area contributed by atoms with Crippen LogP contribution in [0.15, 0.2) is 0 Å². The van der Waals surface area contributed by atoms with E-state index in [4.69, 9.17) is 9.84 Å². The van der Waals surface area contributed by atoms with E-state index < -0.39 is 36.3 Å². The Bertz CT molecular complexity index is 272. The summed E-state index contributed by atoms with van der Waals surface area (Å²) in [4.78, 5) is 0. The van der Waals surface area contributed by atoms with E-state index in [2.05, 4.69) is 0 Å². The SMILES string of the molecule is OC[C@@H]1O[C@H](O)[C@]2(O)CCCC[C@@]2(O)[C@H]1O. The Morgan fingerprint density at radius 1 is 1.06 bits per heavy atom. The first-order valence-corrected chi connectivity index (χ1v) is 5.53. The lowest BCUT2D eigenvalue weighted by atomic mass is 9.65. The number of ether oxygens (including phenoxy) is 1. The second-order valence-electron chi connectivity index (χ2n) is 4.71. The average molecular weight is 234 g/mol. The molecule has 6 nitrogen and oxygen atoms in total. The monoisotopic (exact) mass is 234 g/mol. The summed E-state index contributed by atoms with van der Waals surface area (Å²) in [7, 11) is 0. The first kappa shape index (κ1) is 12.2. The summed E-state index contributed by atoms with van der Waals surface area (Å²) in [5.41, 5.74) is -3.66. The molecule has 2 aliphatic rings. The summed E-state index contributed by atoms with van der Waals surface area (Å²) in [6.45, 7) is -0.517. The molecule has 16 heavy (non-hydrogen) atoms. The van der Waals surface area contributed by atoms with Gasteiger partial charge in [-0.25, -0.2) is 0 Å². The second-order valence-corrected chi connectivity index (χ2v) is 4.71. The van der Waals surface area contributed by atoms with Crippen molar-refractivity contribution in [2.75, 3.05) is 6.61 Å². The molecule has 1 aliphatic carbocycles. The van der Waals surface area contributed by atoms with Crippen molar-refractivity contribution in [2.45, 2.75) is 55.4 Å². The van der Waals surface area contributed by atoms with Gasteiger partial charge >= 0.3 is 0 Å². The quantitative estimate of drug-likeness (QED) is 0.362. The molecule has 1 saturated carbocycles. The van der Waals surface area contributed by atoms with Gasteiger partial charge in [-0.05, 0) is 12.8 Å². The lowest BCUT2D eigenvalue weighted by molar-refractivity contribution is -0.373. The van der Waals surface area contributed by atoms with Crippen LogP contribution in [0.5, 0.6) is 0 Å². The van der Waals surface area contributed by atoms with Crippen molar-refractivity contribution in [1.29, 1.82) is 0 Å². The maximum absolute atomic E-state index is 10.3. The molecule has 0 aromatic heterocycles. The minimum Gasteiger partial charge on any atom is -0.394 e. The van der Waals surface area contributed by atoms with Gasteiger partial charge in [0.1, 0.15) is 23.4 Å². The molecule has 6 heteroatoms. The standard InChI is InChI=1S/C10H18O6/c11-5-6-7(12)9(14)3-1-2-4-10(9,15)8(13)16-6/h6-8,11-15H,1-5H2/t6-,7-,8-,9+,10+/m0/s1. The minimum atomic E-state index is -1.85. The van der Waals surface area contributed by atoms with E-state index >= 15 is 0 Å². The van der Waals surface area contributed by atoms with Crippen LogP contribution in [-0.2, 0) is 4.74 Å². The van der Waals surface area contributed by atoms with Gasteiger partial charge in [-0.15, -0.1) is 0 Å². The molecule has 0 bridgehead atoms. The zero-order valence-electron chi connectivity index (χ0n) is 8.91. The summed E-state index contributed by atoms with van der Waals surface area (Å²) in [6.07, 6.45) is -2.40. The van der Waals surface area contributed by atoms with Gasteiger partial charge < -0.3 is 30.3 Å². The van der Waals surface area contributed by atoms with Gasteiger partial charge in [0.15, 0.2) is 6.29 Å². The van der Waals surface area contributed by atoms with Gasteiger partial charge in [-0.2, -0.15) is 0 Å². The van der Waals surface area contributed by atoms with Crippen LogP contribution in [0.25, 0.3) is 0 Å². The molecule has 2 rings (SSSR count). The van der Waals surface area contributed by atoms with Crippen molar-refractivity contribution in [3.05, 3.63) is 0 Å². The van der Waals surface area contributed by atoms with E-state index in [1.165, 1.54) is 0 Å². The summed E-state index contributed by atoms with van der Waals surface area (Å²) >= 11 is 0. The molecule has 1 aliphatic heterocycles. The molecule has 0 aromatic carbocycles. The fraction of sp³-hybridized carbons (Fsp3) is 1.00. The van der Waals surface area contributed by atoms with Crippen LogP contribution in [0.3, 0.4) is 0 Å². The fourth-order valence-electron chi connectivity index (χ4n) is 2.77. The molecule has 0 unspecified atom stereocenters. The number of hydrogen-bond acceptors (Lipinski definition) is 6. The minimum absolute atomic E-state index is 0.167. The molecule has 0 spiro atoms. The zero-order chi connectivity index (χ0) is 12.0. The highest BCUT2D eigenvalue weighted by atomic mass is 16.6. The molecular weight excluding hydrogens is 216 g/mol. The van der Waals surface area contributed by atoms with E-state index in [1.54, 1.807) is 0 Å². The maximum Gasteiger partial charge on any atom is 0.187 e. The second kappa shape index (κ2) is 3.90. The van der Waals surface area contributed by atoms with Crippen molar-refractivity contribution >= 4 is 0 Å². The van der Waals surface area contributed by atoms with Gasteiger partial charge in [-0.1, -0.05) is 12.8 Å². The van der Waals surface area contributed by atoms with Crippen LogP contribution < -0.4 is 0 Å². The Balaban J connectivity index is 2.34. The van der Waals surface area contributed by atoms with Gasteiger partial charge in [-0.3, -0.25) is 0 Å². The summed E-state index contributed by atoms with van der Waals surface area (Å²) in [5.74, 6) is 0. The Morgan fingerprint density at radius 2 is 1.62 bits per heavy atom. The normalized spacial score (nSPS) is 53.4. The number of hydrogen-bond donors (Lipinski definition) is 5. The van der Waals surface area contributed by atoms with Crippen molar-refractivity contribution in [1.82, 2.24) is 0 Å². The highest BCUT2D eigenvalue weighted by Gasteiger charge is 2.64. The van der Waals surface area contributed by atoms with Crippen LogP contribution in [0.2, 0.25) is 0 Å². The number of aliphatic hydroxyl groups excluding tert-OH is 3. The predicted octanol–water partition coefficient (Wildman–Crippen LogP) is -1.91. The topological polar surface area (TPSA) is 110 Å². The zero-order valence-corrected chi connectivity index (χ0v) is 8.91. The van der Waals surface area contributed by atoms with E-state index in [9.17, 15) is 20.4 Å². The van der Waals surface area contributed by atoms with E-state index in [-0.39, 0.29) is 12.8 Å². The third kappa shape index (κ3) is 1.42. The molecule has 1 heterocycles. The molecule has 94 valence electrons. The maximum atomic E-state index is 10.3. The third-order valence-corrected chi connectivity index (χ3v) is 3.85. The summed E-state index contributed by atoms with van der Waals surface area (Å²) in [5, 5.41) is 49.1. The van der Waals surface area contributed by atoms with Crippen molar-refractivity contribution in [2.24, 2.45) is 0 Å². The molecule has 5 N–H and O–H groups in total. The fourth-order valence-corrected chi connectivity index (χ4v) is 2.77. The first-order chi connectivity index (χ1) is 7.45. The third-order valence-electron chi connectivity index (χ3n) is 3.85. The molecule has 1 saturated heterocycles. The summed E-state index contributed by atoms with van der Waals surface area (Å²) < 4.78 is 4.93. The lowest BCUT2D eigenvalue weighted by Crippen LogP contribution is -2.75. The van der Waals surface area contributed by atoms with Gasteiger partial charge in [0.25, 0.3) is 0 Å². The lowest BCUT2D eigenvalue weighted by Gasteiger charge is -2.56. The highest BCUT2D eigenvalue weighted by molar-refractivity contribution is 5.12. The molecule has 0 aromatic rings. The first-order valence-electron chi connectivity index (χ1n) is 5.53. The highest BCUT2D eigenvalue weighted by Crippen LogP contribution is 2.46. The predicted molar refractivity (Wildman–Crippen MR) is 52.3 cm³/mol.